The van der Waals surface area contributed by atoms with Crippen molar-refractivity contribution < 1.29 is 0 Å². The van der Waals surface area contributed by atoms with Gasteiger partial charge in [0.25, 0.3) is 0 Å². The molecule has 0 amide bonds. The van der Waals surface area contributed by atoms with Crippen molar-refractivity contribution in [2.45, 2.75) is 65.8 Å². The Bertz CT molecular complexity index is 410. The Morgan fingerprint density at radius 2 is 2.05 bits per heavy atom. The fourth-order valence-corrected chi connectivity index (χ4v) is 3.75. The fraction of sp³-hybridized carbons (Fsp3) is 0.824. The minimum absolute atomic E-state index is 0.711. The molecule has 1 saturated carbocycles. The maximum atomic E-state index is 6.01. The average molecular weight is 277 g/mol. The summed E-state index contributed by atoms with van der Waals surface area (Å²) < 4.78 is 2.20. The number of aromatic nitrogens is 2. The third-order valence-corrected chi connectivity index (χ3v) is 5.18. The highest BCUT2D eigenvalue weighted by atomic mass is 15.3. The molecule has 0 radical (unpaired) electrons. The summed E-state index contributed by atoms with van der Waals surface area (Å²) in [5.41, 5.74) is 8.67. The molecule has 3 atom stereocenters. The SMILES string of the molecule is CCc1cc(CC2CC(CC)CCC2CN)n(CC)n1. The summed E-state index contributed by atoms with van der Waals surface area (Å²) in [7, 11) is 0. The largest absolute Gasteiger partial charge is 0.330 e. The Morgan fingerprint density at radius 3 is 2.65 bits per heavy atom. The second-order valence-corrected chi connectivity index (χ2v) is 6.34. The Labute approximate surface area is 123 Å². The molecule has 0 spiro atoms. The van der Waals surface area contributed by atoms with Crippen molar-refractivity contribution in [2.24, 2.45) is 23.5 Å². The van der Waals surface area contributed by atoms with Gasteiger partial charge in [-0.3, -0.25) is 4.68 Å². The van der Waals surface area contributed by atoms with Gasteiger partial charge in [-0.2, -0.15) is 5.10 Å². The monoisotopic (exact) mass is 277 g/mol. The summed E-state index contributed by atoms with van der Waals surface area (Å²) in [5, 5.41) is 4.69. The highest BCUT2D eigenvalue weighted by Gasteiger charge is 2.29. The second kappa shape index (κ2) is 7.26. The smallest absolute Gasteiger partial charge is 0.0624 e. The molecular weight excluding hydrogens is 246 g/mol. The molecule has 3 unspecified atom stereocenters. The average Bonchev–Trinajstić information content (AvgIpc) is 2.89. The topological polar surface area (TPSA) is 43.8 Å². The van der Waals surface area contributed by atoms with Crippen LogP contribution in [0.5, 0.6) is 0 Å². The maximum absolute atomic E-state index is 6.01. The molecule has 2 rings (SSSR count). The first-order valence-corrected chi connectivity index (χ1v) is 8.47. The molecule has 0 aliphatic heterocycles. The van der Waals surface area contributed by atoms with Gasteiger partial charge in [-0.05, 0) is 63.0 Å². The molecule has 1 aromatic rings. The van der Waals surface area contributed by atoms with E-state index in [1.54, 1.807) is 0 Å². The second-order valence-electron chi connectivity index (χ2n) is 6.34. The maximum Gasteiger partial charge on any atom is 0.0624 e. The van der Waals surface area contributed by atoms with Crippen LogP contribution in [0.2, 0.25) is 0 Å². The number of hydrogen-bond donors (Lipinski definition) is 1. The lowest BCUT2D eigenvalue weighted by atomic mass is 9.71. The number of nitrogens with two attached hydrogens (primary N) is 1. The van der Waals surface area contributed by atoms with E-state index in [-0.39, 0.29) is 0 Å². The Balaban J connectivity index is 2.11. The molecule has 3 nitrogen and oxygen atoms in total. The Morgan fingerprint density at radius 1 is 1.25 bits per heavy atom. The van der Waals surface area contributed by atoms with E-state index < -0.39 is 0 Å². The summed E-state index contributed by atoms with van der Waals surface area (Å²) in [5.74, 6) is 2.37. The normalized spacial score (nSPS) is 26.9. The molecule has 0 saturated heterocycles. The van der Waals surface area contributed by atoms with Crippen LogP contribution < -0.4 is 5.73 Å². The zero-order valence-corrected chi connectivity index (χ0v) is 13.4. The van der Waals surface area contributed by atoms with Crippen molar-refractivity contribution >= 4 is 0 Å². The van der Waals surface area contributed by atoms with Gasteiger partial charge in [0.2, 0.25) is 0 Å². The van der Waals surface area contributed by atoms with Gasteiger partial charge in [0, 0.05) is 12.2 Å². The zero-order chi connectivity index (χ0) is 14.5. The summed E-state index contributed by atoms with van der Waals surface area (Å²) >= 11 is 0. The molecule has 1 heterocycles. The lowest BCUT2D eigenvalue weighted by Gasteiger charge is -2.35. The van der Waals surface area contributed by atoms with Crippen molar-refractivity contribution in [2.75, 3.05) is 6.54 Å². The van der Waals surface area contributed by atoms with E-state index in [4.69, 9.17) is 5.73 Å². The van der Waals surface area contributed by atoms with Gasteiger partial charge < -0.3 is 5.73 Å². The van der Waals surface area contributed by atoms with Crippen molar-refractivity contribution in [3.63, 3.8) is 0 Å². The minimum atomic E-state index is 0.711. The number of hydrogen-bond acceptors (Lipinski definition) is 2. The third-order valence-electron chi connectivity index (χ3n) is 5.18. The van der Waals surface area contributed by atoms with Crippen molar-refractivity contribution in [3.8, 4) is 0 Å². The van der Waals surface area contributed by atoms with Crippen LogP contribution in [0.3, 0.4) is 0 Å². The van der Waals surface area contributed by atoms with E-state index in [0.29, 0.717) is 5.92 Å². The van der Waals surface area contributed by atoms with Gasteiger partial charge in [0.05, 0.1) is 5.69 Å². The van der Waals surface area contributed by atoms with Gasteiger partial charge in [-0.15, -0.1) is 0 Å². The molecule has 3 heteroatoms. The molecule has 1 aliphatic carbocycles. The third kappa shape index (κ3) is 3.43. The van der Waals surface area contributed by atoms with E-state index >= 15 is 0 Å². The first kappa shape index (κ1) is 15.6. The first-order valence-electron chi connectivity index (χ1n) is 8.47. The number of aryl methyl sites for hydroxylation is 2. The number of rotatable bonds is 6. The first-order chi connectivity index (χ1) is 9.71. The quantitative estimate of drug-likeness (QED) is 0.866. The summed E-state index contributed by atoms with van der Waals surface area (Å²) in [6, 6.07) is 2.31. The van der Waals surface area contributed by atoms with E-state index in [2.05, 4.69) is 36.6 Å². The van der Waals surface area contributed by atoms with Gasteiger partial charge >= 0.3 is 0 Å². The van der Waals surface area contributed by atoms with Gasteiger partial charge in [-0.25, -0.2) is 0 Å². The summed E-state index contributed by atoms with van der Waals surface area (Å²) in [6.45, 7) is 8.53. The van der Waals surface area contributed by atoms with Crippen LogP contribution in [0, 0.1) is 17.8 Å². The van der Waals surface area contributed by atoms with E-state index in [1.807, 2.05) is 0 Å². The fourth-order valence-electron chi connectivity index (χ4n) is 3.75. The van der Waals surface area contributed by atoms with Gasteiger partial charge in [0.15, 0.2) is 0 Å². The van der Waals surface area contributed by atoms with E-state index in [1.165, 1.54) is 43.5 Å². The lowest BCUT2D eigenvalue weighted by Crippen LogP contribution is -2.32. The van der Waals surface area contributed by atoms with Crippen LogP contribution in [0.4, 0.5) is 0 Å². The van der Waals surface area contributed by atoms with Crippen LogP contribution in [0.15, 0.2) is 6.07 Å². The van der Waals surface area contributed by atoms with Crippen molar-refractivity contribution in [1.29, 1.82) is 0 Å². The summed E-state index contributed by atoms with van der Waals surface area (Å²) in [6.07, 6.45) is 7.57. The zero-order valence-electron chi connectivity index (χ0n) is 13.4. The Kier molecular flexibility index (Phi) is 5.64. The molecule has 1 fully saturated rings. The van der Waals surface area contributed by atoms with Crippen LogP contribution >= 0.6 is 0 Å². The minimum Gasteiger partial charge on any atom is -0.330 e. The highest BCUT2D eigenvalue weighted by molar-refractivity contribution is 5.12. The molecule has 1 aromatic heterocycles. The van der Waals surface area contributed by atoms with E-state index in [0.717, 1.165) is 31.3 Å². The van der Waals surface area contributed by atoms with Gasteiger partial charge in [0.1, 0.15) is 0 Å². The van der Waals surface area contributed by atoms with E-state index in [9.17, 15) is 0 Å². The molecule has 114 valence electrons. The molecule has 0 bridgehead atoms. The standard InChI is InChI=1S/C17H31N3/c1-4-13-7-8-14(12-18)15(9-13)10-17-11-16(5-2)19-20(17)6-3/h11,13-15H,4-10,12,18H2,1-3H3. The predicted molar refractivity (Wildman–Crippen MR) is 84.6 cm³/mol. The van der Waals surface area contributed by atoms with Crippen molar-refractivity contribution in [1.82, 2.24) is 9.78 Å². The molecule has 20 heavy (non-hydrogen) atoms. The molecule has 1 aliphatic rings. The molecule has 0 aromatic carbocycles. The lowest BCUT2D eigenvalue weighted by molar-refractivity contribution is 0.177. The van der Waals surface area contributed by atoms with Gasteiger partial charge in [-0.1, -0.05) is 26.7 Å². The summed E-state index contributed by atoms with van der Waals surface area (Å²) in [4.78, 5) is 0. The highest BCUT2D eigenvalue weighted by Crippen LogP contribution is 2.37. The van der Waals surface area contributed by atoms with Crippen LogP contribution in [0.1, 0.15) is 57.8 Å². The van der Waals surface area contributed by atoms with Crippen LogP contribution in [0.25, 0.3) is 0 Å². The predicted octanol–water partition coefficient (Wildman–Crippen LogP) is 3.41. The van der Waals surface area contributed by atoms with Crippen LogP contribution in [-0.2, 0) is 19.4 Å². The molecule has 2 N–H and O–H groups in total. The molecular formula is C17H31N3. The Hall–Kier alpha value is -0.830. The number of nitrogens with zero attached hydrogens (tertiary/aromatic N) is 2. The van der Waals surface area contributed by atoms with Crippen molar-refractivity contribution in [3.05, 3.63) is 17.5 Å². The van der Waals surface area contributed by atoms with Crippen LogP contribution in [-0.4, -0.2) is 16.3 Å².